The van der Waals surface area contributed by atoms with Crippen LogP contribution >= 0.6 is 0 Å². The number of aryl methyl sites for hydroxylation is 4. The summed E-state index contributed by atoms with van der Waals surface area (Å²) in [6.07, 6.45) is 0.769. The molecule has 0 spiro atoms. The van der Waals surface area contributed by atoms with Gasteiger partial charge < -0.3 is 10.6 Å². The minimum Gasteiger partial charge on any atom is -0.335 e. The summed E-state index contributed by atoms with van der Waals surface area (Å²) in [7, 11) is 1.94. The zero-order chi connectivity index (χ0) is 18.7. The Balaban J connectivity index is 1.91. The second-order valence-electron chi connectivity index (χ2n) is 6.67. The minimum absolute atomic E-state index is 0.0298. The van der Waals surface area contributed by atoms with Crippen LogP contribution in [0.2, 0.25) is 0 Å². The first-order valence-electron chi connectivity index (χ1n) is 8.80. The molecule has 0 aromatic carbocycles. The van der Waals surface area contributed by atoms with Gasteiger partial charge in [0, 0.05) is 43.1 Å². The van der Waals surface area contributed by atoms with Gasteiger partial charge in [-0.3, -0.25) is 9.36 Å². The van der Waals surface area contributed by atoms with Crippen molar-refractivity contribution in [2.75, 3.05) is 0 Å². The lowest BCUT2D eigenvalue weighted by molar-refractivity contribution is 0.237. The van der Waals surface area contributed by atoms with Crippen molar-refractivity contribution in [2.24, 2.45) is 7.05 Å². The van der Waals surface area contributed by atoms with Crippen LogP contribution in [0.1, 0.15) is 47.8 Å². The third-order valence-electron chi connectivity index (χ3n) is 4.80. The Morgan fingerprint density at radius 2 is 1.72 bits per heavy atom. The number of rotatable bonds is 6. The number of aromatic nitrogens is 4. The molecule has 138 valence electrons. The topological polar surface area (TPSA) is 76.8 Å². The van der Waals surface area contributed by atoms with Crippen LogP contribution < -0.4 is 10.6 Å². The summed E-state index contributed by atoms with van der Waals surface area (Å²) in [4.78, 5) is 12.2. The van der Waals surface area contributed by atoms with Crippen LogP contribution in [-0.2, 0) is 26.6 Å². The molecule has 0 saturated heterocycles. The first-order chi connectivity index (χ1) is 11.7. The smallest absolute Gasteiger partial charge is 0.315 e. The van der Waals surface area contributed by atoms with Crippen LogP contribution in [-0.4, -0.2) is 31.6 Å². The lowest BCUT2D eigenvalue weighted by Crippen LogP contribution is -2.41. The summed E-state index contributed by atoms with van der Waals surface area (Å²) in [6, 6.07) is -0.128. The largest absolute Gasteiger partial charge is 0.335 e. The van der Waals surface area contributed by atoms with Gasteiger partial charge in [-0.2, -0.15) is 10.2 Å². The fraction of sp³-hybridized carbons (Fsp3) is 0.611. The van der Waals surface area contributed by atoms with Crippen molar-refractivity contribution in [3.05, 3.63) is 33.9 Å². The Labute approximate surface area is 149 Å². The van der Waals surface area contributed by atoms with Crippen molar-refractivity contribution in [3.8, 4) is 0 Å². The van der Waals surface area contributed by atoms with Crippen molar-refractivity contribution >= 4 is 6.03 Å². The number of carbonyl (C=O) groups excluding carboxylic acids is 1. The van der Waals surface area contributed by atoms with E-state index in [4.69, 9.17) is 0 Å². The van der Waals surface area contributed by atoms with Gasteiger partial charge in [0.2, 0.25) is 0 Å². The molecular weight excluding hydrogens is 316 g/mol. The Kier molecular flexibility index (Phi) is 5.87. The quantitative estimate of drug-likeness (QED) is 0.842. The second-order valence-corrected chi connectivity index (χ2v) is 6.67. The van der Waals surface area contributed by atoms with Crippen molar-refractivity contribution < 1.29 is 4.79 Å². The minimum atomic E-state index is -0.158. The van der Waals surface area contributed by atoms with E-state index in [1.165, 1.54) is 5.56 Å². The Morgan fingerprint density at radius 3 is 2.24 bits per heavy atom. The van der Waals surface area contributed by atoms with Crippen LogP contribution in [0.5, 0.6) is 0 Å². The highest BCUT2D eigenvalue weighted by Crippen LogP contribution is 2.14. The molecule has 0 aliphatic carbocycles. The summed E-state index contributed by atoms with van der Waals surface area (Å²) < 4.78 is 3.84. The number of carbonyl (C=O) groups is 1. The van der Waals surface area contributed by atoms with Gasteiger partial charge in [0.25, 0.3) is 0 Å². The number of nitrogens with zero attached hydrogens (tertiary/aromatic N) is 4. The van der Waals surface area contributed by atoms with Crippen LogP contribution in [0, 0.1) is 27.7 Å². The van der Waals surface area contributed by atoms with Gasteiger partial charge in [0.15, 0.2) is 0 Å². The Hall–Kier alpha value is -2.31. The molecule has 0 aliphatic heterocycles. The Morgan fingerprint density at radius 1 is 1.08 bits per heavy atom. The molecule has 0 unspecified atom stereocenters. The van der Waals surface area contributed by atoms with E-state index in [0.717, 1.165) is 41.3 Å². The predicted molar refractivity (Wildman–Crippen MR) is 98.6 cm³/mol. The van der Waals surface area contributed by atoms with E-state index in [1.807, 2.05) is 44.1 Å². The average Bonchev–Trinajstić information content (AvgIpc) is 2.95. The zero-order valence-electron chi connectivity index (χ0n) is 16.4. The maximum absolute atomic E-state index is 12.2. The fourth-order valence-corrected chi connectivity index (χ4v) is 3.21. The van der Waals surface area contributed by atoms with Crippen LogP contribution in [0.15, 0.2) is 0 Å². The molecule has 0 fully saturated rings. The summed E-state index contributed by atoms with van der Waals surface area (Å²) in [6.45, 7) is 13.5. The summed E-state index contributed by atoms with van der Waals surface area (Å²) >= 11 is 0. The summed E-state index contributed by atoms with van der Waals surface area (Å²) in [5.41, 5.74) is 6.52. The Bertz CT molecular complexity index is 758. The maximum atomic E-state index is 12.2. The highest BCUT2D eigenvalue weighted by atomic mass is 16.2. The van der Waals surface area contributed by atoms with Crippen molar-refractivity contribution in [1.82, 2.24) is 30.2 Å². The first kappa shape index (κ1) is 19.0. The van der Waals surface area contributed by atoms with E-state index >= 15 is 0 Å². The standard InChI is InChI=1S/C18H30N6O/c1-8-24-15(6)17(13(4)22-24)10-19-18(25)20-11(2)9-16-12(3)21-23(7)14(16)5/h11H,8-10H2,1-7H3,(H2,19,20,25)/t11-/m0/s1. The molecule has 7 heteroatoms. The van der Waals surface area contributed by atoms with Gasteiger partial charge in [-0.25, -0.2) is 4.79 Å². The molecule has 0 saturated carbocycles. The normalized spacial score (nSPS) is 12.3. The van der Waals surface area contributed by atoms with Crippen LogP contribution in [0.3, 0.4) is 0 Å². The molecule has 1 atom stereocenters. The fourth-order valence-electron chi connectivity index (χ4n) is 3.21. The van der Waals surface area contributed by atoms with Crippen LogP contribution in [0.25, 0.3) is 0 Å². The molecule has 0 radical (unpaired) electrons. The zero-order valence-corrected chi connectivity index (χ0v) is 16.4. The van der Waals surface area contributed by atoms with Crippen molar-refractivity contribution in [1.29, 1.82) is 0 Å². The lowest BCUT2D eigenvalue weighted by Gasteiger charge is -2.15. The third-order valence-corrected chi connectivity index (χ3v) is 4.80. The van der Waals surface area contributed by atoms with E-state index in [1.54, 1.807) is 0 Å². The monoisotopic (exact) mass is 346 g/mol. The molecule has 0 aliphatic rings. The number of amides is 2. The van der Waals surface area contributed by atoms with Gasteiger partial charge in [0.1, 0.15) is 0 Å². The maximum Gasteiger partial charge on any atom is 0.315 e. The van der Waals surface area contributed by atoms with Crippen molar-refractivity contribution in [3.63, 3.8) is 0 Å². The number of urea groups is 1. The van der Waals surface area contributed by atoms with Gasteiger partial charge in [-0.15, -0.1) is 0 Å². The van der Waals surface area contributed by atoms with Gasteiger partial charge in [-0.1, -0.05) is 0 Å². The second kappa shape index (κ2) is 7.72. The van der Waals surface area contributed by atoms with E-state index in [0.29, 0.717) is 6.54 Å². The van der Waals surface area contributed by atoms with Crippen LogP contribution in [0.4, 0.5) is 4.79 Å². The number of hydrogen-bond donors (Lipinski definition) is 2. The van der Waals surface area contributed by atoms with Gasteiger partial charge >= 0.3 is 6.03 Å². The van der Waals surface area contributed by atoms with Gasteiger partial charge in [0.05, 0.1) is 11.4 Å². The average molecular weight is 346 g/mol. The van der Waals surface area contributed by atoms with Crippen molar-refractivity contribution in [2.45, 2.75) is 67.1 Å². The van der Waals surface area contributed by atoms with E-state index in [-0.39, 0.29) is 12.1 Å². The summed E-state index contributed by atoms with van der Waals surface area (Å²) in [5, 5.41) is 14.9. The van der Waals surface area contributed by atoms with Gasteiger partial charge in [-0.05, 0) is 53.5 Å². The molecule has 2 aromatic heterocycles. The predicted octanol–water partition coefficient (Wildman–Crippen LogP) is 2.30. The first-order valence-corrected chi connectivity index (χ1v) is 8.80. The number of nitrogens with one attached hydrogen (secondary N) is 2. The van der Waals surface area contributed by atoms with E-state index in [9.17, 15) is 4.79 Å². The molecule has 2 rings (SSSR count). The summed E-state index contributed by atoms with van der Waals surface area (Å²) in [5.74, 6) is 0. The van der Waals surface area contributed by atoms with E-state index < -0.39 is 0 Å². The molecule has 0 bridgehead atoms. The molecule has 2 heterocycles. The third kappa shape index (κ3) is 4.21. The molecule has 2 N–H and O–H groups in total. The molecule has 2 aromatic rings. The molecule has 7 nitrogen and oxygen atoms in total. The molecule has 25 heavy (non-hydrogen) atoms. The highest BCUT2D eigenvalue weighted by Gasteiger charge is 2.16. The number of hydrogen-bond acceptors (Lipinski definition) is 3. The molecular formula is C18H30N6O. The highest BCUT2D eigenvalue weighted by molar-refractivity contribution is 5.74. The molecule has 2 amide bonds. The van der Waals surface area contributed by atoms with E-state index in [2.05, 4.69) is 34.7 Å². The lowest BCUT2D eigenvalue weighted by atomic mass is 10.1. The SMILES string of the molecule is CCn1nc(C)c(CNC(=O)N[C@@H](C)Cc2c(C)nn(C)c2C)c1C.